The number of hydrogen-bond acceptors (Lipinski definition) is 3. The summed E-state index contributed by atoms with van der Waals surface area (Å²) in [5.41, 5.74) is 1.04. The topological polar surface area (TPSA) is 38.8 Å². The van der Waals surface area contributed by atoms with Gasteiger partial charge in [0, 0.05) is 37.4 Å². The van der Waals surface area contributed by atoms with E-state index in [2.05, 4.69) is 0 Å². The predicted octanol–water partition coefficient (Wildman–Crippen LogP) is 3.27. The maximum absolute atomic E-state index is 11.7. The Morgan fingerprint density at radius 2 is 2.20 bits per heavy atom. The number of likely N-dealkylation sites (tertiary alicyclic amines) is 1. The normalized spacial score (nSPS) is 19.6. The quantitative estimate of drug-likeness (QED) is 0.798. The maximum atomic E-state index is 11.7. The van der Waals surface area contributed by atoms with Crippen LogP contribution >= 0.6 is 11.6 Å². The molecule has 0 unspecified atom stereocenters. The third kappa shape index (κ3) is 2.44. The van der Waals surface area contributed by atoms with Crippen LogP contribution in [0.3, 0.4) is 0 Å². The van der Waals surface area contributed by atoms with E-state index in [4.69, 9.17) is 21.1 Å². The van der Waals surface area contributed by atoms with Gasteiger partial charge in [-0.25, -0.2) is 4.79 Å². The zero-order valence-electron chi connectivity index (χ0n) is 11.5. The highest BCUT2D eigenvalue weighted by Crippen LogP contribution is 2.42. The van der Waals surface area contributed by atoms with Crippen molar-refractivity contribution in [3.63, 3.8) is 0 Å². The molecule has 0 radical (unpaired) electrons. The van der Waals surface area contributed by atoms with E-state index in [9.17, 15) is 4.79 Å². The summed E-state index contributed by atoms with van der Waals surface area (Å²) in [7, 11) is 0. The van der Waals surface area contributed by atoms with Crippen LogP contribution in [0.4, 0.5) is 4.79 Å². The Labute approximate surface area is 123 Å². The molecule has 1 aromatic rings. The highest BCUT2D eigenvalue weighted by molar-refractivity contribution is 6.30. The lowest BCUT2D eigenvalue weighted by molar-refractivity contribution is 0.0162. The first-order valence-corrected chi connectivity index (χ1v) is 7.39. The highest BCUT2D eigenvalue weighted by atomic mass is 35.5. The van der Waals surface area contributed by atoms with Crippen molar-refractivity contribution in [3.8, 4) is 5.75 Å². The van der Waals surface area contributed by atoms with Gasteiger partial charge in [-0.05, 0) is 24.6 Å². The van der Waals surface area contributed by atoms with E-state index in [0.717, 1.165) is 25.0 Å². The molecule has 0 saturated carbocycles. The van der Waals surface area contributed by atoms with E-state index in [0.29, 0.717) is 24.7 Å². The fourth-order valence-corrected chi connectivity index (χ4v) is 3.14. The van der Waals surface area contributed by atoms with Gasteiger partial charge in [0.1, 0.15) is 11.4 Å². The number of rotatable bonds is 1. The second-order valence-corrected chi connectivity index (χ2v) is 5.84. The number of piperidine rings is 1. The highest BCUT2D eigenvalue weighted by Gasteiger charge is 2.43. The van der Waals surface area contributed by atoms with E-state index < -0.39 is 0 Å². The minimum Gasteiger partial charge on any atom is -0.486 e. The third-order valence-electron chi connectivity index (χ3n) is 4.07. The smallest absolute Gasteiger partial charge is 0.409 e. The van der Waals surface area contributed by atoms with Crippen molar-refractivity contribution in [3.05, 3.63) is 28.8 Å². The summed E-state index contributed by atoms with van der Waals surface area (Å²) in [5, 5.41) is 0.699. The molecule has 0 bridgehead atoms. The van der Waals surface area contributed by atoms with E-state index >= 15 is 0 Å². The number of hydrogen-bond donors (Lipinski definition) is 0. The van der Waals surface area contributed by atoms with E-state index in [1.807, 2.05) is 25.1 Å². The molecule has 2 heterocycles. The minimum atomic E-state index is -0.221. The molecule has 4 nitrogen and oxygen atoms in total. The van der Waals surface area contributed by atoms with Crippen LogP contribution in [0.15, 0.2) is 18.2 Å². The fraction of sp³-hybridized carbons (Fsp3) is 0.533. The van der Waals surface area contributed by atoms with Crippen LogP contribution in [0.25, 0.3) is 0 Å². The fourth-order valence-electron chi connectivity index (χ4n) is 2.98. The first-order chi connectivity index (χ1) is 9.62. The molecule has 0 aliphatic carbocycles. The molecule has 3 rings (SSSR count). The summed E-state index contributed by atoms with van der Waals surface area (Å²) in [6, 6.07) is 5.81. The summed E-state index contributed by atoms with van der Waals surface area (Å²) in [4.78, 5) is 13.5. The molecule has 5 heteroatoms. The number of amides is 1. The van der Waals surface area contributed by atoms with Crippen molar-refractivity contribution in [1.82, 2.24) is 4.90 Å². The second-order valence-electron chi connectivity index (χ2n) is 5.40. The van der Waals surface area contributed by atoms with Gasteiger partial charge in [0.2, 0.25) is 0 Å². The molecular weight excluding hydrogens is 278 g/mol. The minimum absolute atomic E-state index is 0.171. The lowest BCUT2D eigenvalue weighted by Gasteiger charge is -2.38. The number of carbonyl (C=O) groups is 1. The molecule has 2 aliphatic rings. The number of ether oxygens (including phenoxy) is 2. The van der Waals surface area contributed by atoms with Crippen molar-refractivity contribution in [2.75, 3.05) is 19.7 Å². The molecule has 108 valence electrons. The Hall–Kier alpha value is -1.42. The summed E-state index contributed by atoms with van der Waals surface area (Å²) < 4.78 is 11.2. The van der Waals surface area contributed by atoms with Gasteiger partial charge in [-0.1, -0.05) is 17.7 Å². The maximum Gasteiger partial charge on any atom is 0.409 e. The van der Waals surface area contributed by atoms with Crippen molar-refractivity contribution in [2.45, 2.75) is 31.8 Å². The van der Waals surface area contributed by atoms with Crippen LogP contribution in [-0.4, -0.2) is 36.3 Å². The molecule has 1 saturated heterocycles. The Morgan fingerprint density at radius 1 is 1.45 bits per heavy atom. The molecule has 2 aliphatic heterocycles. The average molecular weight is 296 g/mol. The van der Waals surface area contributed by atoms with Crippen LogP contribution in [0.1, 0.15) is 25.3 Å². The molecule has 1 amide bonds. The second kappa shape index (κ2) is 5.17. The molecule has 0 atom stereocenters. The summed E-state index contributed by atoms with van der Waals surface area (Å²) in [5.74, 6) is 0.891. The van der Waals surface area contributed by atoms with Gasteiger partial charge in [-0.2, -0.15) is 0 Å². The SMILES string of the molecule is CCOC(=O)N1CCC2(CC1)Cc1ccc(Cl)cc1O2. The van der Waals surface area contributed by atoms with Crippen molar-refractivity contribution >= 4 is 17.7 Å². The van der Waals surface area contributed by atoms with Crippen molar-refractivity contribution < 1.29 is 14.3 Å². The Balaban J connectivity index is 1.66. The van der Waals surface area contributed by atoms with E-state index in [1.54, 1.807) is 4.90 Å². The summed E-state index contributed by atoms with van der Waals surface area (Å²) >= 11 is 6.00. The summed E-state index contributed by atoms with van der Waals surface area (Å²) in [6.45, 7) is 3.60. The first kappa shape index (κ1) is 13.6. The molecule has 20 heavy (non-hydrogen) atoms. The zero-order chi connectivity index (χ0) is 14.2. The van der Waals surface area contributed by atoms with Gasteiger partial charge in [0.25, 0.3) is 0 Å². The van der Waals surface area contributed by atoms with E-state index in [1.165, 1.54) is 5.56 Å². The molecule has 1 fully saturated rings. The van der Waals surface area contributed by atoms with Crippen molar-refractivity contribution in [1.29, 1.82) is 0 Å². The number of benzene rings is 1. The van der Waals surface area contributed by atoms with Gasteiger partial charge in [-0.3, -0.25) is 0 Å². The lowest BCUT2D eigenvalue weighted by Crippen LogP contribution is -2.49. The molecule has 0 aromatic heterocycles. The van der Waals surface area contributed by atoms with Gasteiger partial charge in [0.15, 0.2) is 0 Å². The number of halogens is 1. The standard InChI is InChI=1S/C15H18ClNO3/c1-2-19-14(18)17-7-5-15(6-8-17)10-11-3-4-12(16)9-13(11)20-15/h3-4,9H,2,5-8,10H2,1H3. The predicted molar refractivity (Wildman–Crippen MR) is 76.3 cm³/mol. The number of nitrogens with zero attached hydrogens (tertiary/aromatic N) is 1. The van der Waals surface area contributed by atoms with Crippen LogP contribution in [0, 0.1) is 0 Å². The molecular formula is C15H18ClNO3. The van der Waals surface area contributed by atoms with Crippen LogP contribution in [0.5, 0.6) is 5.75 Å². The number of carbonyl (C=O) groups excluding carboxylic acids is 1. The van der Waals surface area contributed by atoms with Gasteiger partial charge >= 0.3 is 6.09 Å². The van der Waals surface area contributed by atoms with E-state index in [-0.39, 0.29) is 11.7 Å². The van der Waals surface area contributed by atoms with Crippen LogP contribution in [0.2, 0.25) is 5.02 Å². The van der Waals surface area contributed by atoms with Gasteiger partial charge in [-0.15, -0.1) is 0 Å². The van der Waals surface area contributed by atoms with Crippen LogP contribution < -0.4 is 4.74 Å². The first-order valence-electron chi connectivity index (χ1n) is 7.01. The van der Waals surface area contributed by atoms with Crippen LogP contribution in [-0.2, 0) is 11.2 Å². The Morgan fingerprint density at radius 3 is 2.90 bits per heavy atom. The monoisotopic (exact) mass is 295 g/mol. The lowest BCUT2D eigenvalue weighted by atomic mass is 9.87. The van der Waals surface area contributed by atoms with Gasteiger partial charge in [0.05, 0.1) is 6.61 Å². The molecule has 1 spiro atoms. The van der Waals surface area contributed by atoms with Gasteiger partial charge < -0.3 is 14.4 Å². The summed E-state index contributed by atoms with van der Waals surface area (Å²) in [6.07, 6.45) is 2.34. The molecule has 1 aromatic carbocycles. The Kier molecular flexibility index (Phi) is 3.50. The van der Waals surface area contributed by atoms with Crippen molar-refractivity contribution in [2.24, 2.45) is 0 Å². The molecule has 0 N–H and O–H groups in total. The number of fused-ring (bicyclic) bond motifs is 1. The Bertz CT molecular complexity index is 524. The largest absolute Gasteiger partial charge is 0.486 e. The average Bonchev–Trinajstić information content (AvgIpc) is 2.76. The zero-order valence-corrected chi connectivity index (χ0v) is 12.3. The third-order valence-corrected chi connectivity index (χ3v) is 4.30.